The van der Waals surface area contributed by atoms with Crippen molar-refractivity contribution in [1.29, 1.82) is 0 Å². The number of azo groups is 1. The Morgan fingerprint density at radius 3 is 2.14 bits per heavy atom. The molecule has 4 atom stereocenters. The fourth-order valence-electron chi connectivity index (χ4n) is 7.71. The van der Waals surface area contributed by atoms with Crippen molar-refractivity contribution >= 4 is 46.1 Å². The van der Waals surface area contributed by atoms with Gasteiger partial charge < -0.3 is 19.5 Å². The summed E-state index contributed by atoms with van der Waals surface area (Å²) in [4.78, 5) is 58.7. The SMILES string of the molecule is COc1cc(O)c([C@H]2C3=CC[C@@H]4C(=O)N(c5ccc(N=Nc6ccc(N(C)C)cc6)cc5)C(=O)[C@@H]4[C@@H]3CC3=C2C(=O)C(C)=CC3=O)c(OC)c1. The number of aromatic hydroxyl groups is 1. The first kappa shape index (κ1) is 32.7. The van der Waals surface area contributed by atoms with E-state index in [1.165, 1.54) is 31.3 Å². The van der Waals surface area contributed by atoms with Gasteiger partial charge in [-0.05, 0) is 80.3 Å². The molecule has 1 saturated heterocycles. The summed E-state index contributed by atoms with van der Waals surface area (Å²) in [6.07, 6.45) is 3.60. The van der Waals surface area contributed by atoms with Gasteiger partial charge in [0.1, 0.15) is 17.2 Å². The van der Waals surface area contributed by atoms with Gasteiger partial charge in [0, 0.05) is 60.1 Å². The lowest BCUT2D eigenvalue weighted by Gasteiger charge is -2.42. The maximum Gasteiger partial charge on any atom is 0.238 e. The number of ether oxygens (including phenoxy) is 2. The van der Waals surface area contributed by atoms with Crippen molar-refractivity contribution in [2.45, 2.75) is 25.7 Å². The first-order valence-electron chi connectivity index (χ1n) is 16.3. The highest BCUT2D eigenvalue weighted by Gasteiger charge is 2.57. The molecule has 1 fully saturated rings. The van der Waals surface area contributed by atoms with Crippen LogP contribution in [-0.4, -0.2) is 56.8 Å². The number of carbonyl (C=O) groups is 4. The first-order chi connectivity index (χ1) is 24.0. The summed E-state index contributed by atoms with van der Waals surface area (Å²) in [5.74, 6) is -3.74. The van der Waals surface area contributed by atoms with Crippen molar-refractivity contribution in [3.05, 3.63) is 101 Å². The Balaban J connectivity index is 1.22. The van der Waals surface area contributed by atoms with Crippen molar-refractivity contribution in [3.8, 4) is 17.2 Å². The van der Waals surface area contributed by atoms with Gasteiger partial charge in [-0.25, -0.2) is 0 Å². The van der Waals surface area contributed by atoms with Crippen molar-refractivity contribution in [2.24, 2.45) is 28.0 Å². The fraction of sp³-hybridized carbons (Fsp3) is 0.282. The molecule has 3 aromatic carbocycles. The van der Waals surface area contributed by atoms with E-state index in [-0.39, 0.29) is 58.9 Å². The molecule has 0 spiro atoms. The number of nitrogens with zero attached hydrogens (tertiary/aromatic N) is 4. The molecule has 1 N–H and O–H groups in total. The van der Waals surface area contributed by atoms with Gasteiger partial charge in [-0.1, -0.05) is 11.6 Å². The molecule has 3 aromatic rings. The average Bonchev–Trinajstić information content (AvgIpc) is 3.38. The van der Waals surface area contributed by atoms with E-state index in [0.717, 1.165) is 5.69 Å². The molecule has 3 aliphatic carbocycles. The third-order valence-corrected chi connectivity index (χ3v) is 10.2. The number of anilines is 2. The molecule has 0 radical (unpaired) electrons. The number of imide groups is 1. The molecular weight excluding hydrogens is 636 g/mol. The van der Waals surface area contributed by atoms with E-state index in [1.807, 2.05) is 49.3 Å². The van der Waals surface area contributed by atoms with E-state index in [4.69, 9.17) is 9.47 Å². The number of ketones is 2. The van der Waals surface area contributed by atoms with Gasteiger partial charge in [-0.3, -0.25) is 24.1 Å². The summed E-state index contributed by atoms with van der Waals surface area (Å²) in [6, 6.07) is 17.4. The number of fused-ring (bicyclic) bond motifs is 3. The number of benzene rings is 3. The van der Waals surface area contributed by atoms with Crippen LogP contribution in [-0.2, 0) is 19.2 Å². The summed E-state index contributed by atoms with van der Waals surface area (Å²) in [6.45, 7) is 1.59. The summed E-state index contributed by atoms with van der Waals surface area (Å²) in [7, 11) is 6.83. The average molecular weight is 673 g/mol. The molecular formula is C39H36N4O7. The second-order valence-electron chi connectivity index (χ2n) is 13.1. The van der Waals surface area contributed by atoms with Gasteiger partial charge in [-0.15, -0.1) is 0 Å². The predicted octanol–water partition coefficient (Wildman–Crippen LogP) is 6.52. The highest BCUT2D eigenvalue weighted by Crippen LogP contribution is 2.58. The zero-order valence-corrected chi connectivity index (χ0v) is 28.3. The Hall–Kier alpha value is -5.84. The molecule has 2 amide bonds. The third-order valence-electron chi connectivity index (χ3n) is 10.2. The van der Waals surface area contributed by atoms with E-state index < -0.39 is 23.7 Å². The summed E-state index contributed by atoms with van der Waals surface area (Å²) in [5.41, 5.74) is 4.55. The lowest BCUT2D eigenvalue weighted by Crippen LogP contribution is -2.40. The number of methoxy groups -OCH3 is 2. The van der Waals surface area contributed by atoms with Crippen LogP contribution >= 0.6 is 0 Å². The number of hydrogen-bond donors (Lipinski definition) is 1. The molecule has 0 unspecified atom stereocenters. The van der Waals surface area contributed by atoms with E-state index in [9.17, 15) is 24.3 Å². The zero-order chi connectivity index (χ0) is 35.4. The second-order valence-corrected chi connectivity index (χ2v) is 13.1. The van der Waals surface area contributed by atoms with Crippen LogP contribution in [0.2, 0.25) is 0 Å². The lowest BCUT2D eigenvalue weighted by atomic mass is 9.59. The molecule has 254 valence electrons. The van der Waals surface area contributed by atoms with Gasteiger partial charge >= 0.3 is 0 Å². The van der Waals surface area contributed by atoms with E-state index >= 15 is 0 Å². The molecule has 0 saturated carbocycles. The highest BCUT2D eigenvalue weighted by atomic mass is 16.5. The van der Waals surface area contributed by atoms with Gasteiger partial charge in [0.05, 0.1) is 43.1 Å². The topological polar surface area (TPSA) is 138 Å². The van der Waals surface area contributed by atoms with E-state index in [1.54, 1.807) is 37.3 Å². The number of phenolic OH excluding ortho intramolecular Hbond substituents is 1. The van der Waals surface area contributed by atoms with Gasteiger partial charge in [0.2, 0.25) is 11.8 Å². The molecule has 11 heteroatoms. The number of allylic oxidation sites excluding steroid dienone is 6. The van der Waals surface area contributed by atoms with E-state index in [2.05, 4.69) is 10.2 Å². The minimum atomic E-state index is -0.869. The Morgan fingerprint density at radius 2 is 1.52 bits per heavy atom. The number of phenols is 1. The maximum absolute atomic E-state index is 14.3. The van der Waals surface area contributed by atoms with Crippen molar-refractivity contribution < 1.29 is 33.8 Å². The summed E-state index contributed by atoms with van der Waals surface area (Å²) < 4.78 is 11.0. The van der Waals surface area contributed by atoms with Crippen molar-refractivity contribution in [2.75, 3.05) is 38.1 Å². The van der Waals surface area contributed by atoms with Crippen LogP contribution in [0.25, 0.3) is 0 Å². The number of rotatable bonds is 7. The number of carbonyl (C=O) groups excluding carboxylic acids is 4. The maximum atomic E-state index is 14.3. The fourth-order valence-corrected chi connectivity index (χ4v) is 7.71. The normalized spacial score (nSPS) is 23.0. The molecule has 11 nitrogen and oxygen atoms in total. The monoisotopic (exact) mass is 672 g/mol. The molecule has 4 aliphatic rings. The first-order valence-corrected chi connectivity index (χ1v) is 16.3. The van der Waals surface area contributed by atoms with Crippen LogP contribution in [0, 0.1) is 17.8 Å². The van der Waals surface area contributed by atoms with Crippen LogP contribution in [0.3, 0.4) is 0 Å². The minimum absolute atomic E-state index is 0.119. The number of Topliss-reactive ketones (excluding diaryl/α,β-unsaturated/α-hetero) is 1. The summed E-state index contributed by atoms with van der Waals surface area (Å²) in [5, 5.41) is 20.0. The molecule has 50 heavy (non-hydrogen) atoms. The lowest BCUT2D eigenvalue weighted by molar-refractivity contribution is -0.123. The number of hydrogen-bond acceptors (Lipinski definition) is 10. The molecule has 7 rings (SSSR count). The summed E-state index contributed by atoms with van der Waals surface area (Å²) >= 11 is 0. The Morgan fingerprint density at radius 1 is 0.860 bits per heavy atom. The predicted molar refractivity (Wildman–Crippen MR) is 186 cm³/mol. The van der Waals surface area contributed by atoms with Crippen LogP contribution in [0.5, 0.6) is 17.2 Å². The van der Waals surface area contributed by atoms with Crippen LogP contribution in [0.15, 0.2) is 105 Å². The van der Waals surface area contributed by atoms with Crippen molar-refractivity contribution in [1.82, 2.24) is 0 Å². The van der Waals surface area contributed by atoms with Gasteiger partial charge in [0.25, 0.3) is 0 Å². The largest absolute Gasteiger partial charge is 0.507 e. The third kappa shape index (κ3) is 5.29. The quantitative estimate of drug-likeness (QED) is 0.130. The Labute approximate surface area is 289 Å². The van der Waals surface area contributed by atoms with Crippen molar-refractivity contribution in [3.63, 3.8) is 0 Å². The smallest absolute Gasteiger partial charge is 0.238 e. The number of amides is 2. The van der Waals surface area contributed by atoms with Gasteiger partial charge in [0.15, 0.2) is 11.6 Å². The molecule has 0 aromatic heterocycles. The van der Waals surface area contributed by atoms with Crippen LogP contribution in [0.4, 0.5) is 22.7 Å². The molecule has 1 aliphatic heterocycles. The minimum Gasteiger partial charge on any atom is -0.507 e. The second kappa shape index (κ2) is 12.6. The van der Waals surface area contributed by atoms with Crippen LogP contribution < -0.4 is 19.3 Å². The van der Waals surface area contributed by atoms with Crippen LogP contribution in [0.1, 0.15) is 31.2 Å². The highest BCUT2D eigenvalue weighted by molar-refractivity contribution is 6.25. The standard InChI is InChI=1S/C39H36N4O7/c1-20-16-30(44)29-19-28-26(34(35(29)37(20)46)36-31(45)17-25(49-4)18-32(36)50-5)14-15-27-33(28)39(48)43(38(27)47)24-12-8-22(9-13-24)41-40-21-6-10-23(11-7-21)42(2)3/h6-14,16-18,27-28,33-34,45H,15,19H2,1-5H3/t27-,28+,33-,34-/m0/s1. The Kier molecular flexibility index (Phi) is 8.21. The molecule has 0 bridgehead atoms. The van der Waals surface area contributed by atoms with E-state index in [0.29, 0.717) is 39.5 Å². The zero-order valence-electron chi connectivity index (χ0n) is 28.3. The van der Waals surface area contributed by atoms with Gasteiger partial charge in [-0.2, -0.15) is 10.2 Å². The molecule has 1 heterocycles. The Bertz CT molecular complexity index is 2080.